The smallest absolute Gasteiger partial charge is 0.408 e. The fourth-order valence-electron chi connectivity index (χ4n) is 3.29. The van der Waals surface area contributed by atoms with E-state index in [-0.39, 0.29) is 19.0 Å². The van der Waals surface area contributed by atoms with Crippen molar-refractivity contribution < 1.29 is 27.4 Å². The summed E-state index contributed by atoms with van der Waals surface area (Å²) in [4.78, 5) is 12.5. The highest BCUT2D eigenvalue weighted by atomic mass is 19.4. The third-order valence-corrected chi connectivity index (χ3v) is 4.57. The standard InChI is InChI=1S/C17H21F3N2O3/c1-11(23)22-10-13(3-5-16(22)17(18,19)20)21-9-12-2-4-14-15(8-12)25-7-6-24-14/h2,4,8,13,16,21H,3,5-7,9-10H2,1H3. The van der Waals surface area contributed by atoms with Gasteiger partial charge in [-0.15, -0.1) is 0 Å². The highest BCUT2D eigenvalue weighted by Crippen LogP contribution is 2.33. The van der Waals surface area contributed by atoms with Gasteiger partial charge in [-0.2, -0.15) is 13.2 Å². The van der Waals surface area contributed by atoms with Crippen molar-refractivity contribution in [3.63, 3.8) is 0 Å². The lowest BCUT2D eigenvalue weighted by Gasteiger charge is -2.40. The van der Waals surface area contributed by atoms with E-state index in [1.54, 1.807) is 0 Å². The number of alkyl halides is 3. The maximum Gasteiger partial charge on any atom is 0.408 e. The molecule has 1 fully saturated rings. The number of carbonyl (C=O) groups is 1. The molecule has 0 saturated carbocycles. The van der Waals surface area contributed by atoms with Crippen LogP contribution in [0.5, 0.6) is 11.5 Å². The van der Waals surface area contributed by atoms with Gasteiger partial charge in [0.2, 0.25) is 5.91 Å². The van der Waals surface area contributed by atoms with E-state index >= 15 is 0 Å². The molecule has 1 saturated heterocycles. The summed E-state index contributed by atoms with van der Waals surface area (Å²) in [6, 6.07) is 3.73. The van der Waals surface area contributed by atoms with Crippen molar-refractivity contribution in [1.29, 1.82) is 0 Å². The average Bonchev–Trinajstić information content (AvgIpc) is 2.58. The van der Waals surface area contributed by atoms with Crippen LogP contribution in [0.4, 0.5) is 13.2 Å². The Hall–Kier alpha value is -1.96. The topological polar surface area (TPSA) is 50.8 Å². The lowest BCUT2D eigenvalue weighted by atomic mass is 9.97. The first-order valence-corrected chi connectivity index (χ1v) is 8.30. The number of nitrogens with one attached hydrogen (secondary N) is 1. The minimum absolute atomic E-state index is 0.0596. The summed E-state index contributed by atoms with van der Waals surface area (Å²) in [5.41, 5.74) is 0.955. The van der Waals surface area contributed by atoms with Gasteiger partial charge in [-0.1, -0.05) is 6.07 Å². The molecule has 1 N–H and O–H groups in total. The number of fused-ring (bicyclic) bond motifs is 1. The van der Waals surface area contributed by atoms with Crippen LogP contribution in [0.25, 0.3) is 0 Å². The number of benzene rings is 1. The summed E-state index contributed by atoms with van der Waals surface area (Å²) < 4.78 is 50.1. The number of hydrogen-bond donors (Lipinski definition) is 1. The molecule has 5 nitrogen and oxygen atoms in total. The Morgan fingerprint density at radius 2 is 1.96 bits per heavy atom. The Labute approximate surface area is 144 Å². The molecule has 3 rings (SSSR count). The van der Waals surface area contributed by atoms with E-state index in [0.29, 0.717) is 37.7 Å². The van der Waals surface area contributed by atoms with E-state index in [0.717, 1.165) is 10.5 Å². The first-order valence-electron chi connectivity index (χ1n) is 8.30. The monoisotopic (exact) mass is 358 g/mol. The van der Waals surface area contributed by atoms with Crippen molar-refractivity contribution >= 4 is 5.91 Å². The molecule has 2 atom stereocenters. The molecule has 0 radical (unpaired) electrons. The Kier molecular flexibility index (Phi) is 5.08. The van der Waals surface area contributed by atoms with E-state index in [9.17, 15) is 18.0 Å². The van der Waals surface area contributed by atoms with Crippen LogP contribution in [0, 0.1) is 0 Å². The van der Waals surface area contributed by atoms with Gasteiger partial charge in [0.25, 0.3) is 0 Å². The number of halogens is 3. The largest absolute Gasteiger partial charge is 0.486 e. The normalized spacial score (nSPS) is 23.4. The fourth-order valence-corrected chi connectivity index (χ4v) is 3.29. The van der Waals surface area contributed by atoms with E-state index < -0.39 is 18.1 Å². The van der Waals surface area contributed by atoms with Gasteiger partial charge in [-0.25, -0.2) is 0 Å². The minimum Gasteiger partial charge on any atom is -0.486 e. The predicted octanol–water partition coefficient (Wildman–Crippen LogP) is 2.49. The van der Waals surface area contributed by atoms with E-state index in [1.807, 2.05) is 18.2 Å². The summed E-state index contributed by atoms with van der Waals surface area (Å²) in [6.45, 7) is 2.75. The zero-order chi connectivity index (χ0) is 18.0. The van der Waals surface area contributed by atoms with Crippen LogP contribution in [-0.2, 0) is 11.3 Å². The number of amides is 1. The molecule has 0 bridgehead atoms. The molecule has 2 aliphatic heterocycles. The Morgan fingerprint density at radius 3 is 2.64 bits per heavy atom. The van der Waals surface area contributed by atoms with Gasteiger partial charge >= 0.3 is 6.18 Å². The second-order valence-corrected chi connectivity index (χ2v) is 6.36. The molecule has 8 heteroatoms. The predicted molar refractivity (Wildman–Crippen MR) is 84.5 cm³/mol. The molecule has 2 heterocycles. The maximum atomic E-state index is 13.0. The van der Waals surface area contributed by atoms with Crippen molar-refractivity contribution in [2.24, 2.45) is 0 Å². The van der Waals surface area contributed by atoms with Crippen LogP contribution < -0.4 is 14.8 Å². The van der Waals surface area contributed by atoms with Gasteiger partial charge in [0.1, 0.15) is 19.3 Å². The van der Waals surface area contributed by atoms with E-state index in [4.69, 9.17) is 9.47 Å². The van der Waals surface area contributed by atoms with Crippen molar-refractivity contribution in [2.45, 2.75) is 44.6 Å². The van der Waals surface area contributed by atoms with Crippen molar-refractivity contribution in [2.75, 3.05) is 19.8 Å². The molecule has 1 aromatic rings. The average molecular weight is 358 g/mol. The molecule has 2 aliphatic rings. The summed E-state index contributed by atoms with van der Waals surface area (Å²) >= 11 is 0. The van der Waals surface area contributed by atoms with Gasteiger partial charge < -0.3 is 19.7 Å². The van der Waals surface area contributed by atoms with Crippen LogP contribution in [-0.4, -0.2) is 48.8 Å². The van der Waals surface area contributed by atoms with Gasteiger partial charge in [0.05, 0.1) is 0 Å². The Morgan fingerprint density at radius 1 is 1.24 bits per heavy atom. The molecule has 1 aromatic carbocycles. The number of ether oxygens (including phenoxy) is 2. The highest BCUT2D eigenvalue weighted by Gasteiger charge is 2.47. The molecule has 0 aliphatic carbocycles. The highest BCUT2D eigenvalue weighted by molar-refractivity contribution is 5.74. The molecule has 1 amide bonds. The second kappa shape index (κ2) is 7.11. The lowest BCUT2D eigenvalue weighted by molar-refractivity contribution is -0.196. The van der Waals surface area contributed by atoms with Crippen LogP contribution in [0.1, 0.15) is 25.3 Å². The van der Waals surface area contributed by atoms with Gasteiger partial charge in [0.15, 0.2) is 11.5 Å². The number of nitrogens with zero attached hydrogens (tertiary/aromatic N) is 1. The quantitative estimate of drug-likeness (QED) is 0.902. The Balaban J connectivity index is 1.60. The minimum atomic E-state index is -4.38. The molecular weight excluding hydrogens is 337 g/mol. The molecular formula is C17H21F3N2O3. The van der Waals surface area contributed by atoms with Crippen LogP contribution in [0.2, 0.25) is 0 Å². The third kappa shape index (κ3) is 4.18. The number of likely N-dealkylation sites (tertiary alicyclic amines) is 1. The number of carbonyl (C=O) groups excluding carboxylic acids is 1. The number of piperidine rings is 1. The molecule has 25 heavy (non-hydrogen) atoms. The van der Waals surface area contributed by atoms with Gasteiger partial charge in [-0.3, -0.25) is 4.79 Å². The summed E-state index contributed by atoms with van der Waals surface area (Å²) in [7, 11) is 0. The number of hydrogen-bond acceptors (Lipinski definition) is 4. The van der Waals surface area contributed by atoms with E-state index in [2.05, 4.69) is 5.32 Å². The zero-order valence-corrected chi connectivity index (χ0v) is 13.9. The van der Waals surface area contributed by atoms with Crippen molar-refractivity contribution in [3.05, 3.63) is 23.8 Å². The molecule has 0 aromatic heterocycles. The summed E-state index contributed by atoms with van der Waals surface area (Å²) in [6.07, 6.45) is -4.09. The van der Waals surface area contributed by atoms with Crippen LogP contribution in [0.15, 0.2) is 18.2 Å². The SMILES string of the molecule is CC(=O)N1CC(NCc2ccc3c(c2)OCCO3)CCC1C(F)(F)F. The zero-order valence-electron chi connectivity index (χ0n) is 13.9. The maximum absolute atomic E-state index is 13.0. The first-order chi connectivity index (χ1) is 11.8. The molecule has 138 valence electrons. The molecule has 2 unspecified atom stereocenters. The third-order valence-electron chi connectivity index (χ3n) is 4.57. The van der Waals surface area contributed by atoms with E-state index in [1.165, 1.54) is 6.92 Å². The lowest BCUT2D eigenvalue weighted by Crippen LogP contribution is -2.57. The van der Waals surface area contributed by atoms with Crippen molar-refractivity contribution in [3.8, 4) is 11.5 Å². The van der Waals surface area contributed by atoms with Gasteiger partial charge in [0, 0.05) is 26.1 Å². The van der Waals surface area contributed by atoms with Crippen LogP contribution >= 0.6 is 0 Å². The number of rotatable bonds is 3. The summed E-state index contributed by atoms with van der Waals surface area (Å²) in [5, 5.41) is 3.24. The fraction of sp³-hybridized carbons (Fsp3) is 0.588. The van der Waals surface area contributed by atoms with Crippen LogP contribution in [0.3, 0.4) is 0 Å². The first kappa shape index (κ1) is 17.8. The van der Waals surface area contributed by atoms with Crippen molar-refractivity contribution in [1.82, 2.24) is 10.2 Å². The van der Waals surface area contributed by atoms with Gasteiger partial charge in [-0.05, 0) is 30.5 Å². The second-order valence-electron chi connectivity index (χ2n) is 6.36. The summed E-state index contributed by atoms with van der Waals surface area (Å²) in [5.74, 6) is 0.827. The Bertz CT molecular complexity index is 636. The molecule has 0 spiro atoms.